The number of pyridine rings is 2. The van der Waals surface area contributed by atoms with Gasteiger partial charge in [0.05, 0.1) is 16.7 Å². The second-order valence-corrected chi connectivity index (χ2v) is 12.4. The van der Waals surface area contributed by atoms with Crippen molar-refractivity contribution < 1.29 is 4.42 Å². The van der Waals surface area contributed by atoms with Crippen LogP contribution in [0, 0.1) is 0 Å². The van der Waals surface area contributed by atoms with Gasteiger partial charge in [0, 0.05) is 28.1 Å². The average Bonchev–Trinajstić information content (AvgIpc) is 3.60. The Kier molecular flexibility index (Phi) is 6.15. The van der Waals surface area contributed by atoms with E-state index in [2.05, 4.69) is 151 Å². The fraction of sp³-hybridized carbons (Fsp3) is 0. The van der Waals surface area contributed by atoms with Crippen LogP contribution in [0.5, 0.6) is 0 Å². The highest BCUT2D eigenvalue weighted by Crippen LogP contribution is 2.38. The molecule has 0 atom stereocenters. The molecule has 0 saturated heterocycles. The van der Waals surface area contributed by atoms with Gasteiger partial charge in [-0.05, 0) is 80.2 Å². The molecule has 0 unspecified atom stereocenters. The van der Waals surface area contributed by atoms with Crippen molar-refractivity contribution in [3.63, 3.8) is 0 Å². The zero-order chi connectivity index (χ0) is 32.3. The molecule has 0 aliphatic carbocycles. The highest BCUT2D eigenvalue weighted by atomic mass is 16.3. The second kappa shape index (κ2) is 11.0. The Morgan fingerprint density at radius 2 is 1.10 bits per heavy atom. The molecule has 0 N–H and O–H groups in total. The molecule has 0 radical (unpaired) electrons. The molecule has 3 heterocycles. The zero-order valence-corrected chi connectivity index (χ0v) is 26.3. The molecule has 10 aromatic rings. The molecule has 4 nitrogen and oxygen atoms in total. The van der Waals surface area contributed by atoms with E-state index >= 15 is 0 Å². The average molecular weight is 626 g/mol. The molecule has 7 aromatic carbocycles. The molecule has 0 spiro atoms. The summed E-state index contributed by atoms with van der Waals surface area (Å²) in [5.74, 6) is 0.634. The van der Waals surface area contributed by atoms with Crippen LogP contribution >= 0.6 is 0 Å². The molecule has 49 heavy (non-hydrogen) atoms. The van der Waals surface area contributed by atoms with Gasteiger partial charge in [0.25, 0.3) is 0 Å². The molecule has 0 aliphatic rings. The number of hydrogen-bond donors (Lipinski definition) is 0. The van der Waals surface area contributed by atoms with E-state index in [1.54, 1.807) is 0 Å². The summed E-state index contributed by atoms with van der Waals surface area (Å²) in [6.45, 7) is 0. The molecule has 0 aliphatic heterocycles. The Morgan fingerprint density at radius 1 is 0.408 bits per heavy atom. The van der Waals surface area contributed by atoms with Crippen LogP contribution in [-0.2, 0) is 0 Å². The van der Waals surface area contributed by atoms with Gasteiger partial charge >= 0.3 is 0 Å². The number of oxazole rings is 1. The maximum Gasteiger partial charge on any atom is 0.227 e. The van der Waals surface area contributed by atoms with Crippen LogP contribution in [0.2, 0.25) is 0 Å². The number of rotatable bonds is 4. The first-order valence-electron chi connectivity index (χ1n) is 16.4. The highest BCUT2D eigenvalue weighted by Gasteiger charge is 2.15. The monoisotopic (exact) mass is 625 g/mol. The first-order valence-corrected chi connectivity index (χ1v) is 16.4. The van der Waals surface area contributed by atoms with E-state index in [0.717, 1.165) is 77.2 Å². The van der Waals surface area contributed by atoms with E-state index < -0.39 is 0 Å². The Balaban J connectivity index is 1.05. The highest BCUT2D eigenvalue weighted by molar-refractivity contribution is 6.07. The van der Waals surface area contributed by atoms with E-state index in [9.17, 15) is 0 Å². The number of hydrogen-bond acceptors (Lipinski definition) is 4. The lowest BCUT2D eigenvalue weighted by Gasteiger charge is -2.13. The van der Waals surface area contributed by atoms with Crippen LogP contribution in [0.4, 0.5) is 0 Å². The largest absolute Gasteiger partial charge is 0.436 e. The molecular weight excluding hydrogens is 599 g/mol. The number of nitrogens with zero attached hydrogens (tertiary/aromatic N) is 3. The van der Waals surface area contributed by atoms with Gasteiger partial charge in [0.1, 0.15) is 5.52 Å². The Hall–Kier alpha value is -6.65. The predicted octanol–water partition coefficient (Wildman–Crippen LogP) is 11.9. The Labute approximate surface area is 282 Å². The van der Waals surface area contributed by atoms with Crippen LogP contribution in [0.1, 0.15) is 0 Å². The summed E-state index contributed by atoms with van der Waals surface area (Å²) in [7, 11) is 0. The fourth-order valence-electron chi connectivity index (χ4n) is 7.15. The van der Waals surface area contributed by atoms with Crippen molar-refractivity contribution in [1.82, 2.24) is 15.0 Å². The van der Waals surface area contributed by atoms with Gasteiger partial charge in [-0.25, -0.2) is 9.97 Å². The normalized spacial score (nSPS) is 11.7. The lowest BCUT2D eigenvalue weighted by Crippen LogP contribution is -1.91. The maximum absolute atomic E-state index is 6.27. The molecule has 228 valence electrons. The van der Waals surface area contributed by atoms with Crippen molar-refractivity contribution >= 4 is 54.5 Å². The summed E-state index contributed by atoms with van der Waals surface area (Å²) in [5, 5.41) is 6.82. The van der Waals surface area contributed by atoms with Crippen LogP contribution in [0.25, 0.3) is 99.4 Å². The summed E-state index contributed by atoms with van der Waals surface area (Å²) in [4.78, 5) is 14.8. The molecule has 10 rings (SSSR count). The van der Waals surface area contributed by atoms with Crippen LogP contribution in [0.3, 0.4) is 0 Å². The SMILES string of the molecule is c1cc(-c2ccc3oc(-c4cccc5ccccc45)nc3c2)cc(-c2ccc(-c3ccc4ccc5cccnc5c4n3)c3ccccc23)c1. The zero-order valence-electron chi connectivity index (χ0n) is 26.3. The minimum Gasteiger partial charge on any atom is -0.436 e. The van der Waals surface area contributed by atoms with Crippen molar-refractivity contribution in [3.05, 3.63) is 164 Å². The standard InChI is InChI=1S/C45H27N3O/c1-2-13-34-28(8-1)9-6-16-39(34)45-48-41-27-32(20-24-42(41)49-45)31-10-5-11-33(26-31)35-21-22-38(37-15-4-3-14-36(35)37)40-23-19-30-18-17-29-12-7-25-46-43(29)44(30)47-40/h1-27H. The van der Waals surface area contributed by atoms with E-state index in [1.807, 2.05) is 18.3 Å². The predicted molar refractivity (Wildman–Crippen MR) is 201 cm³/mol. The summed E-state index contributed by atoms with van der Waals surface area (Å²) in [5.41, 5.74) is 11.0. The van der Waals surface area contributed by atoms with Crippen molar-refractivity contribution in [2.45, 2.75) is 0 Å². The van der Waals surface area contributed by atoms with Gasteiger partial charge < -0.3 is 4.42 Å². The van der Waals surface area contributed by atoms with Crippen LogP contribution in [-0.4, -0.2) is 15.0 Å². The van der Waals surface area contributed by atoms with Crippen molar-refractivity contribution in [2.24, 2.45) is 0 Å². The third-order valence-corrected chi connectivity index (χ3v) is 9.55. The van der Waals surface area contributed by atoms with E-state index in [4.69, 9.17) is 14.4 Å². The molecule has 0 saturated carbocycles. The lowest BCUT2D eigenvalue weighted by atomic mass is 9.92. The maximum atomic E-state index is 6.27. The number of fused-ring (bicyclic) bond motifs is 6. The van der Waals surface area contributed by atoms with Gasteiger partial charge in [-0.15, -0.1) is 0 Å². The summed E-state index contributed by atoms with van der Waals surface area (Å²) < 4.78 is 6.27. The third kappa shape index (κ3) is 4.57. The lowest BCUT2D eigenvalue weighted by molar-refractivity contribution is 0.620. The minimum atomic E-state index is 0.634. The topological polar surface area (TPSA) is 51.8 Å². The van der Waals surface area contributed by atoms with Crippen LogP contribution < -0.4 is 0 Å². The van der Waals surface area contributed by atoms with Crippen LogP contribution in [0.15, 0.2) is 168 Å². The van der Waals surface area contributed by atoms with E-state index in [0.29, 0.717) is 5.89 Å². The molecule has 3 aromatic heterocycles. The molecule has 0 bridgehead atoms. The number of aromatic nitrogens is 3. The second-order valence-electron chi connectivity index (χ2n) is 12.4. The van der Waals surface area contributed by atoms with E-state index in [-0.39, 0.29) is 0 Å². The molecule has 0 fully saturated rings. The summed E-state index contributed by atoms with van der Waals surface area (Å²) in [6, 6.07) is 55.1. The van der Waals surface area contributed by atoms with E-state index in [1.165, 1.54) is 16.3 Å². The Bertz CT molecular complexity index is 2900. The quantitative estimate of drug-likeness (QED) is 0.183. The van der Waals surface area contributed by atoms with Crippen molar-refractivity contribution in [2.75, 3.05) is 0 Å². The summed E-state index contributed by atoms with van der Waals surface area (Å²) in [6.07, 6.45) is 1.84. The molecule has 4 heteroatoms. The van der Waals surface area contributed by atoms with Crippen molar-refractivity contribution in [1.29, 1.82) is 0 Å². The third-order valence-electron chi connectivity index (χ3n) is 9.55. The van der Waals surface area contributed by atoms with Gasteiger partial charge in [-0.1, -0.05) is 121 Å². The Morgan fingerprint density at radius 3 is 2.02 bits per heavy atom. The van der Waals surface area contributed by atoms with Gasteiger partial charge in [-0.2, -0.15) is 0 Å². The summed E-state index contributed by atoms with van der Waals surface area (Å²) >= 11 is 0. The number of benzene rings is 7. The minimum absolute atomic E-state index is 0.634. The first-order chi connectivity index (χ1) is 24.3. The van der Waals surface area contributed by atoms with Gasteiger partial charge in [0.2, 0.25) is 5.89 Å². The smallest absolute Gasteiger partial charge is 0.227 e. The molecular formula is C45H27N3O. The molecule has 0 amide bonds. The van der Waals surface area contributed by atoms with Crippen molar-refractivity contribution in [3.8, 4) is 45.0 Å². The first kappa shape index (κ1) is 27.5. The fourth-order valence-corrected chi connectivity index (χ4v) is 7.15. The van der Waals surface area contributed by atoms with Gasteiger partial charge in [0.15, 0.2) is 5.58 Å². The van der Waals surface area contributed by atoms with Gasteiger partial charge in [-0.3, -0.25) is 4.98 Å².